The monoisotopic (exact) mass is 324 g/mol. The Labute approximate surface area is 131 Å². The molecular formula is C15H14ClFN2OS. The van der Waals surface area contributed by atoms with Gasteiger partial charge in [-0.15, -0.1) is 11.8 Å². The van der Waals surface area contributed by atoms with E-state index in [1.54, 1.807) is 23.9 Å². The SMILES string of the molecule is NNC(=O)Cc1ccc(CSc2ccc(F)c(Cl)c2)cc1. The Kier molecular flexibility index (Phi) is 5.61. The average Bonchev–Trinajstić information content (AvgIpc) is 2.50. The first-order chi connectivity index (χ1) is 10.1. The van der Waals surface area contributed by atoms with Crippen molar-refractivity contribution in [3.63, 3.8) is 0 Å². The van der Waals surface area contributed by atoms with Gasteiger partial charge in [0.05, 0.1) is 11.4 Å². The lowest BCUT2D eigenvalue weighted by atomic mass is 10.1. The van der Waals surface area contributed by atoms with Crippen LogP contribution in [0.5, 0.6) is 0 Å². The van der Waals surface area contributed by atoms with Crippen LogP contribution >= 0.6 is 23.4 Å². The summed E-state index contributed by atoms with van der Waals surface area (Å²) in [4.78, 5) is 12.1. The van der Waals surface area contributed by atoms with Crippen molar-refractivity contribution in [3.8, 4) is 0 Å². The maximum atomic E-state index is 13.1. The largest absolute Gasteiger partial charge is 0.294 e. The van der Waals surface area contributed by atoms with Crippen molar-refractivity contribution in [2.45, 2.75) is 17.1 Å². The highest BCUT2D eigenvalue weighted by molar-refractivity contribution is 7.98. The van der Waals surface area contributed by atoms with Crippen LogP contribution < -0.4 is 11.3 Å². The zero-order valence-corrected chi connectivity index (χ0v) is 12.7. The van der Waals surface area contributed by atoms with Crippen molar-refractivity contribution in [2.75, 3.05) is 0 Å². The number of thioether (sulfide) groups is 1. The maximum Gasteiger partial charge on any atom is 0.238 e. The molecule has 0 atom stereocenters. The van der Waals surface area contributed by atoms with Crippen LogP contribution in [-0.4, -0.2) is 5.91 Å². The number of hydrogen-bond acceptors (Lipinski definition) is 3. The minimum Gasteiger partial charge on any atom is -0.294 e. The molecule has 110 valence electrons. The maximum absolute atomic E-state index is 13.1. The van der Waals surface area contributed by atoms with E-state index in [-0.39, 0.29) is 17.4 Å². The smallest absolute Gasteiger partial charge is 0.238 e. The van der Waals surface area contributed by atoms with Gasteiger partial charge in [-0.25, -0.2) is 10.2 Å². The van der Waals surface area contributed by atoms with Crippen LogP contribution in [-0.2, 0) is 17.0 Å². The third kappa shape index (κ3) is 4.74. The number of nitrogens with one attached hydrogen (secondary N) is 1. The molecule has 2 aromatic carbocycles. The molecule has 0 radical (unpaired) electrons. The number of nitrogens with two attached hydrogens (primary N) is 1. The molecule has 6 heteroatoms. The van der Waals surface area contributed by atoms with Gasteiger partial charge in [0.2, 0.25) is 5.91 Å². The first-order valence-corrected chi connectivity index (χ1v) is 7.60. The van der Waals surface area contributed by atoms with Gasteiger partial charge in [-0.1, -0.05) is 35.9 Å². The number of hydrogen-bond donors (Lipinski definition) is 2. The summed E-state index contributed by atoms with van der Waals surface area (Å²) < 4.78 is 13.1. The molecule has 0 bridgehead atoms. The molecule has 0 aromatic heterocycles. The van der Waals surface area contributed by atoms with Gasteiger partial charge in [0.15, 0.2) is 0 Å². The number of carbonyl (C=O) groups is 1. The minimum absolute atomic E-state index is 0.128. The zero-order chi connectivity index (χ0) is 15.2. The zero-order valence-electron chi connectivity index (χ0n) is 11.1. The predicted octanol–water partition coefficient (Wildman–Crippen LogP) is 3.30. The van der Waals surface area contributed by atoms with Crippen molar-refractivity contribution < 1.29 is 9.18 Å². The Hall–Kier alpha value is -1.56. The van der Waals surface area contributed by atoms with Crippen LogP contribution in [0.2, 0.25) is 5.02 Å². The molecule has 0 aliphatic heterocycles. The molecule has 21 heavy (non-hydrogen) atoms. The number of hydrazine groups is 1. The fourth-order valence-electron chi connectivity index (χ4n) is 1.72. The molecule has 0 fully saturated rings. The molecule has 0 heterocycles. The summed E-state index contributed by atoms with van der Waals surface area (Å²) in [6, 6.07) is 12.4. The van der Waals surface area contributed by atoms with E-state index in [0.29, 0.717) is 0 Å². The van der Waals surface area contributed by atoms with Gasteiger partial charge < -0.3 is 0 Å². The van der Waals surface area contributed by atoms with Crippen LogP contribution in [0.15, 0.2) is 47.4 Å². The first-order valence-electron chi connectivity index (χ1n) is 6.23. The van der Waals surface area contributed by atoms with E-state index in [1.165, 1.54) is 6.07 Å². The van der Waals surface area contributed by atoms with Gasteiger partial charge in [0.1, 0.15) is 5.82 Å². The first kappa shape index (κ1) is 15.8. The van der Waals surface area contributed by atoms with Gasteiger partial charge in [-0.05, 0) is 29.3 Å². The standard InChI is InChI=1S/C15H14ClFN2OS/c16-13-8-12(5-6-14(13)17)21-9-11-3-1-10(2-4-11)7-15(20)19-18/h1-6,8H,7,9,18H2,(H,19,20). The van der Waals surface area contributed by atoms with Crippen molar-refractivity contribution in [2.24, 2.45) is 5.84 Å². The number of carbonyl (C=O) groups excluding carboxylic acids is 1. The number of amides is 1. The molecule has 0 saturated carbocycles. The lowest BCUT2D eigenvalue weighted by Crippen LogP contribution is -2.31. The second-order valence-corrected chi connectivity index (χ2v) is 5.88. The van der Waals surface area contributed by atoms with Gasteiger partial charge >= 0.3 is 0 Å². The van der Waals surface area contributed by atoms with E-state index in [0.717, 1.165) is 21.8 Å². The van der Waals surface area contributed by atoms with Crippen molar-refractivity contribution in [3.05, 3.63) is 64.4 Å². The van der Waals surface area contributed by atoms with Gasteiger partial charge in [0.25, 0.3) is 0 Å². The number of benzene rings is 2. The Bertz CT molecular complexity index is 634. The molecule has 0 unspecified atom stereocenters. The number of rotatable bonds is 5. The molecule has 2 rings (SSSR count). The second kappa shape index (κ2) is 7.45. The summed E-state index contributed by atoms with van der Waals surface area (Å²) in [5.41, 5.74) is 4.11. The predicted molar refractivity (Wildman–Crippen MR) is 83.4 cm³/mol. The number of halogens is 2. The Morgan fingerprint density at radius 3 is 2.48 bits per heavy atom. The van der Waals surface area contributed by atoms with E-state index in [1.807, 2.05) is 24.3 Å². The Morgan fingerprint density at radius 1 is 1.19 bits per heavy atom. The normalized spacial score (nSPS) is 10.4. The third-order valence-corrected chi connectivity index (χ3v) is 4.20. The highest BCUT2D eigenvalue weighted by Gasteiger charge is 2.04. The highest BCUT2D eigenvalue weighted by atomic mass is 35.5. The van der Waals surface area contributed by atoms with E-state index in [9.17, 15) is 9.18 Å². The molecule has 3 N–H and O–H groups in total. The van der Waals surface area contributed by atoms with Crippen LogP contribution in [0, 0.1) is 5.82 Å². The summed E-state index contributed by atoms with van der Waals surface area (Å²) in [5, 5.41) is 0.128. The van der Waals surface area contributed by atoms with Gasteiger partial charge in [-0.3, -0.25) is 10.2 Å². The molecule has 1 amide bonds. The van der Waals surface area contributed by atoms with Crippen molar-refractivity contribution in [1.29, 1.82) is 0 Å². The summed E-state index contributed by atoms with van der Waals surface area (Å²) >= 11 is 7.31. The molecule has 0 aliphatic rings. The lowest BCUT2D eigenvalue weighted by molar-refractivity contribution is -0.120. The average molecular weight is 325 g/mol. The van der Waals surface area contributed by atoms with Crippen LogP contribution in [0.25, 0.3) is 0 Å². The van der Waals surface area contributed by atoms with E-state index in [4.69, 9.17) is 17.4 Å². The Balaban J connectivity index is 1.94. The van der Waals surface area contributed by atoms with E-state index < -0.39 is 5.82 Å². The Morgan fingerprint density at radius 2 is 1.86 bits per heavy atom. The quantitative estimate of drug-likeness (QED) is 0.384. The van der Waals surface area contributed by atoms with Crippen molar-refractivity contribution >= 4 is 29.3 Å². The molecular weight excluding hydrogens is 311 g/mol. The van der Waals surface area contributed by atoms with Crippen LogP contribution in [0.3, 0.4) is 0 Å². The van der Waals surface area contributed by atoms with Crippen LogP contribution in [0.1, 0.15) is 11.1 Å². The fourth-order valence-corrected chi connectivity index (χ4v) is 2.86. The molecule has 3 nitrogen and oxygen atoms in total. The van der Waals surface area contributed by atoms with Gasteiger partial charge in [-0.2, -0.15) is 0 Å². The minimum atomic E-state index is -0.413. The van der Waals surface area contributed by atoms with Crippen molar-refractivity contribution in [1.82, 2.24) is 5.43 Å². The van der Waals surface area contributed by atoms with Gasteiger partial charge in [0, 0.05) is 10.6 Å². The van der Waals surface area contributed by atoms with E-state index >= 15 is 0 Å². The third-order valence-electron chi connectivity index (χ3n) is 2.85. The molecule has 0 spiro atoms. The molecule has 0 saturated heterocycles. The van der Waals surface area contributed by atoms with E-state index in [2.05, 4.69) is 5.43 Å². The molecule has 2 aromatic rings. The summed E-state index contributed by atoms with van der Waals surface area (Å²) in [6.07, 6.45) is 0.261. The topological polar surface area (TPSA) is 55.1 Å². The second-order valence-electron chi connectivity index (χ2n) is 4.43. The summed E-state index contributed by atoms with van der Waals surface area (Å²) in [5.74, 6) is 5.15. The summed E-state index contributed by atoms with van der Waals surface area (Å²) in [6.45, 7) is 0. The highest BCUT2D eigenvalue weighted by Crippen LogP contribution is 2.26. The summed E-state index contributed by atoms with van der Waals surface area (Å²) in [7, 11) is 0. The fraction of sp³-hybridized carbons (Fsp3) is 0.133. The van der Waals surface area contributed by atoms with Crippen LogP contribution in [0.4, 0.5) is 4.39 Å². The lowest BCUT2D eigenvalue weighted by Gasteiger charge is -2.05. The molecule has 0 aliphatic carbocycles.